The highest BCUT2D eigenvalue weighted by Gasteiger charge is 2.10. The van der Waals surface area contributed by atoms with Crippen LogP contribution >= 0.6 is 0 Å². The van der Waals surface area contributed by atoms with Gasteiger partial charge in [-0.1, -0.05) is 50.4 Å². The zero-order valence-corrected chi connectivity index (χ0v) is 13.2. The monoisotopic (exact) mass is 314 g/mol. The van der Waals surface area contributed by atoms with E-state index in [2.05, 4.69) is 25.4 Å². The van der Waals surface area contributed by atoms with Gasteiger partial charge in [0.05, 0.1) is 6.54 Å². The third-order valence-electron chi connectivity index (χ3n) is 3.18. The number of benzene rings is 1. The molecule has 0 aromatic heterocycles. The van der Waals surface area contributed by atoms with Crippen LogP contribution in [0.15, 0.2) is 66.8 Å². The van der Waals surface area contributed by atoms with Crippen molar-refractivity contribution in [3.63, 3.8) is 0 Å². The number of aryl methyl sites for hydroxylation is 1. The van der Waals surface area contributed by atoms with Gasteiger partial charge in [0.25, 0.3) is 5.91 Å². The molecule has 0 atom stereocenters. The van der Waals surface area contributed by atoms with Gasteiger partial charge >= 0.3 is 0 Å². The maximum Gasteiger partial charge on any atom is 0.271 e. The molecule has 0 saturated heterocycles. The molecule has 0 unspecified atom stereocenters. The molecule has 0 aliphatic carbocycles. The Kier molecular flexibility index (Phi) is 6.68. The number of amides is 1. The van der Waals surface area contributed by atoms with Gasteiger partial charge in [-0.05, 0) is 29.2 Å². The Labute approximate surface area is 136 Å². The quantitative estimate of drug-likeness (QED) is 0.353. The van der Waals surface area contributed by atoms with Crippen molar-refractivity contribution in [2.24, 2.45) is 5.73 Å². The van der Waals surface area contributed by atoms with E-state index in [4.69, 9.17) is 10.8 Å². The number of nitrogens with two attached hydrogens (primary N) is 1. The zero-order chi connectivity index (χ0) is 17.4. The summed E-state index contributed by atoms with van der Waals surface area (Å²) in [4.78, 5) is 11.7. The fourth-order valence-electron chi connectivity index (χ4n) is 1.81. The van der Waals surface area contributed by atoms with E-state index in [-0.39, 0.29) is 23.8 Å². The van der Waals surface area contributed by atoms with Crippen molar-refractivity contribution in [3.8, 4) is 0 Å². The van der Waals surface area contributed by atoms with Gasteiger partial charge in [0.1, 0.15) is 17.2 Å². The van der Waals surface area contributed by atoms with Gasteiger partial charge in [-0.15, -0.1) is 0 Å². The summed E-state index contributed by atoms with van der Waals surface area (Å²) < 4.78 is 0. The molecule has 0 spiro atoms. The lowest BCUT2D eigenvalue weighted by molar-refractivity contribution is -0.117. The van der Waals surface area contributed by atoms with E-state index < -0.39 is 5.91 Å². The minimum atomic E-state index is -0.696. The molecule has 0 bridgehead atoms. The molecular weight excluding hydrogens is 292 g/mol. The maximum absolute atomic E-state index is 11.7. The minimum absolute atomic E-state index is 0.136. The summed E-state index contributed by atoms with van der Waals surface area (Å²) in [5, 5.41) is 21.3. The number of nitrogens with one attached hydrogen (secondary N) is 1. The van der Waals surface area contributed by atoms with Gasteiger partial charge in [-0.3, -0.25) is 4.79 Å². The molecule has 5 heteroatoms. The topological polar surface area (TPSA) is 95.6 Å². The number of carbonyl (C=O) groups excluding carboxylic acids is 1. The van der Waals surface area contributed by atoms with Crippen molar-refractivity contribution in [2.75, 3.05) is 6.54 Å². The maximum atomic E-state index is 11.7. The van der Waals surface area contributed by atoms with Crippen molar-refractivity contribution in [1.29, 1.82) is 0 Å². The molecule has 0 heterocycles. The average Bonchev–Trinajstić information content (AvgIpc) is 2.56. The molecule has 1 aromatic rings. The Bertz CT molecular complexity index is 655. The van der Waals surface area contributed by atoms with Crippen LogP contribution in [0.4, 0.5) is 0 Å². The lowest BCUT2D eigenvalue weighted by atomic mass is 10.0. The molecule has 1 aromatic carbocycles. The SMILES string of the molecule is C=C/C(=C\C(O)=C(/N)C(=O)NCC(=C)O)c1ccc(CC)cc1. The van der Waals surface area contributed by atoms with Gasteiger partial charge in [-0.25, -0.2) is 0 Å². The second kappa shape index (κ2) is 8.48. The summed E-state index contributed by atoms with van der Waals surface area (Å²) in [6.07, 6.45) is 3.87. The van der Waals surface area contributed by atoms with Crippen molar-refractivity contribution in [1.82, 2.24) is 5.32 Å². The molecular formula is C18H22N2O3. The lowest BCUT2D eigenvalue weighted by Gasteiger charge is -2.07. The number of aliphatic hydroxyl groups is 2. The third-order valence-corrected chi connectivity index (χ3v) is 3.18. The normalized spacial score (nSPS) is 12.3. The van der Waals surface area contributed by atoms with E-state index in [1.807, 2.05) is 24.3 Å². The second-order valence-corrected chi connectivity index (χ2v) is 4.90. The standard InChI is InChI=1S/C18H22N2O3/c1-4-13-6-8-15(9-7-13)14(5-2)10-16(22)17(19)18(23)20-11-12(3)21/h5-10,21-22H,2-4,11,19H2,1H3,(H,20,23)/b14-10+,17-16+. The number of aliphatic hydroxyl groups excluding tert-OH is 2. The smallest absolute Gasteiger partial charge is 0.271 e. The van der Waals surface area contributed by atoms with Crippen molar-refractivity contribution < 1.29 is 15.0 Å². The van der Waals surface area contributed by atoms with Gasteiger partial charge in [-0.2, -0.15) is 0 Å². The van der Waals surface area contributed by atoms with Crippen molar-refractivity contribution >= 4 is 11.5 Å². The van der Waals surface area contributed by atoms with Crippen LogP contribution in [0.2, 0.25) is 0 Å². The summed E-state index contributed by atoms with van der Waals surface area (Å²) in [7, 11) is 0. The number of rotatable bonds is 7. The van der Waals surface area contributed by atoms with Crippen LogP contribution in [-0.4, -0.2) is 22.7 Å². The Morgan fingerprint density at radius 2 is 1.91 bits per heavy atom. The summed E-state index contributed by atoms with van der Waals surface area (Å²) in [5.74, 6) is -1.27. The Balaban J connectivity index is 3.02. The molecule has 0 saturated carbocycles. The van der Waals surface area contributed by atoms with E-state index in [9.17, 15) is 9.90 Å². The lowest BCUT2D eigenvalue weighted by Crippen LogP contribution is -2.31. The Morgan fingerprint density at radius 3 is 2.39 bits per heavy atom. The van der Waals surface area contributed by atoms with Gasteiger partial charge in [0, 0.05) is 0 Å². The first-order chi connectivity index (χ1) is 10.9. The molecule has 0 aliphatic heterocycles. The molecule has 0 fully saturated rings. The van der Waals surface area contributed by atoms with Crippen LogP contribution in [0, 0.1) is 0 Å². The average molecular weight is 314 g/mol. The fourth-order valence-corrected chi connectivity index (χ4v) is 1.81. The van der Waals surface area contributed by atoms with Gasteiger partial charge in [0.15, 0.2) is 0 Å². The molecule has 1 rings (SSSR count). The minimum Gasteiger partial charge on any atom is -0.511 e. The van der Waals surface area contributed by atoms with Crippen LogP contribution in [0.5, 0.6) is 0 Å². The Morgan fingerprint density at radius 1 is 1.30 bits per heavy atom. The molecule has 23 heavy (non-hydrogen) atoms. The summed E-state index contributed by atoms with van der Waals surface area (Å²) >= 11 is 0. The number of allylic oxidation sites excluding steroid dienone is 3. The molecule has 5 N–H and O–H groups in total. The predicted octanol–water partition coefficient (Wildman–Crippen LogP) is 2.73. The first-order valence-electron chi connectivity index (χ1n) is 7.16. The van der Waals surface area contributed by atoms with E-state index in [1.54, 1.807) is 6.08 Å². The summed E-state index contributed by atoms with van der Waals surface area (Å²) in [5.41, 5.74) is 7.92. The van der Waals surface area contributed by atoms with Gasteiger partial charge in [0.2, 0.25) is 0 Å². The van der Waals surface area contributed by atoms with Crippen LogP contribution in [0.1, 0.15) is 18.1 Å². The highest BCUT2D eigenvalue weighted by atomic mass is 16.3. The Hall–Kier alpha value is -2.95. The van der Waals surface area contributed by atoms with Gasteiger partial charge < -0.3 is 21.3 Å². The first kappa shape index (κ1) is 18.1. The largest absolute Gasteiger partial charge is 0.511 e. The third kappa shape index (κ3) is 5.39. The highest BCUT2D eigenvalue weighted by molar-refractivity contribution is 5.94. The summed E-state index contributed by atoms with van der Waals surface area (Å²) in [6.45, 7) is 8.88. The molecule has 1 amide bonds. The zero-order valence-electron chi connectivity index (χ0n) is 13.2. The number of carbonyl (C=O) groups is 1. The van der Waals surface area contributed by atoms with Crippen LogP contribution in [0.3, 0.4) is 0 Å². The van der Waals surface area contributed by atoms with Crippen molar-refractivity contribution in [3.05, 3.63) is 77.9 Å². The predicted molar refractivity (Wildman–Crippen MR) is 92.6 cm³/mol. The highest BCUT2D eigenvalue weighted by Crippen LogP contribution is 2.18. The number of hydrogen-bond donors (Lipinski definition) is 4. The van der Waals surface area contributed by atoms with E-state index in [0.717, 1.165) is 12.0 Å². The first-order valence-corrected chi connectivity index (χ1v) is 7.16. The summed E-state index contributed by atoms with van der Waals surface area (Å²) in [6, 6.07) is 7.78. The van der Waals surface area contributed by atoms with Crippen LogP contribution < -0.4 is 11.1 Å². The number of hydrogen-bond acceptors (Lipinski definition) is 4. The molecule has 0 aliphatic rings. The van der Waals surface area contributed by atoms with E-state index in [0.29, 0.717) is 5.57 Å². The van der Waals surface area contributed by atoms with E-state index in [1.165, 1.54) is 11.6 Å². The molecule has 0 radical (unpaired) electrons. The molecule has 122 valence electrons. The molecule has 5 nitrogen and oxygen atoms in total. The second-order valence-electron chi connectivity index (χ2n) is 4.90. The van der Waals surface area contributed by atoms with E-state index >= 15 is 0 Å². The van der Waals surface area contributed by atoms with Crippen molar-refractivity contribution in [2.45, 2.75) is 13.3 Å². The van der Waals surface area contributed by atoms with Crippen LogP contribution in [-0.2, 0) is 11.2 Å². The fraction of sp³-hybridized carbons (Fsp3) is 0.167. The van der Waals surface area contributed by atoms with Crippen LogP contribution in [0.25, 0.3) is 5.57 Å².